The molecule has 4 heteroatoms. The number of hydrogen-bond acceptors (Lipinski definition) is 2. The number of nitrogens with one attached hydrogen (secondary N) is 1. The van der Waals surface area contributed by atoms with Crippen molar-refractivity contribution in [3.63, 3.8) is 0 Å². The van der Waals surface area contributed by atoms with Crippen molar-refractivity contribution in [2.75, 3.05) is 0 Å². The number of carboxylic acid groups (broad SMARTS) is 1. The van der Waals surface area contributed by atoms with Crippen LogP contribution < -0.4 is 5.32 Å². The van der Waals surface area contributed by atoms with E-state index in [1.807, 2.05) is 6.08 Å². The summed E-state index contributed by atoms with van der Waals surface area (Å²) in [5, 5.41) is 11.7. The monoisotopic (exact) mass is 179 g/mol. The topological polar surface area (TPSA) is 66.4 Å². The molecular weight excluding hydrogens is 170 g/mol. The predicted molar refractivity (Wildman–Crippen MR) is 42.4 cm³/mol. The molecule has 2 N–H and O–H groups in total. The van der Waals surface area contributed by atoms with Crippen LogP contribution in [-0.2, 0) is 9.59 Å². The first kappa shape index (κ1) is 7.12. The lowest BCUT2D eigenvalue weighted by atomic mass is 9.84. The van der Waals surface area contributed by atoms with Crippen LogP contribution in [0.2, 0.25) is 0 Å². The van der Waals surface area contributed by atoms with Gasteiger partial charge in [-0.3, -0.25) is 9.59 Å². The van der Waals surface area contributed by atoms with Crippen LogP contribution in [0.5, 0.6) is 0 Å². The van der Waals surface area contributed by atoms with Gasteiger partial charge in [0.25, 0.3) is 0 Å². The van der Waals surface area contributed by atoms with Crippen molar-refractivity contribution < 1.29 is 14.7 Å². The first-order valence-corrected chi connectivity index (χ1v) is 4.44. The number of rotatable bonds is 1. The molecule has 13 heavy (non-hydrogen) atoms. The molecule has 68 valence electrons. The van der Waals surface area contributed by atoms with E-state index in [0.717, 1.165) is 12.1 Å². The molecule has 0 aromatic carbocycles. The number of aliphatic carboxylic acids is 1. The highest BCUT2D eigenvalue weighted by Crippen LogP contribution is 2.54. The Bertz CT molecular complexity index is 347. The quantitative estimate of drug-likeness (QED) is 0.593. The molecule has 0 aromatic rings. The molecule has 1 saturated heterocycles. The minimum Gasteiger partial charge on any atom is -0.481 e. The molecule has 2 bridgehead atoms. The van der Waals surface area contributed by atoms with Gasteiger partial charge in [-0.1, -0.05) is 6.08 Å². The van der Waals surface area contributed by atoms with E-state index in [1.54, 1.807) is 0 Å². The molecule has 1 heterocycles. The summed E-state index contributed by atoms with van der Waals surface area (Å²) >= 11 is 0. The van der Waals surface area contributed by atoms with Crippen molar-refractivity contribution in [1.82, 2.24) is 5.32 Å². The Labute approximate surface area is 74.6 Å². The normalized spacial score (nSPS) is 44.9. The average molecular weight is 179 g/mol. The van der Waals surface area contributed by atoms with Crippen LogP contribution in [0.3, 0.4) is 0 Å². The minimum absolute atomic E-state index is 0.0847. The molecule has 0 radical (unpaired) electrons. The third-order valence-corrected chi connectivity index (χ3v) is 3.46. The lowest BCUT2D eigenvalue weighted by Gasteiger charge is -2.16. The summed E-state index contributed by atoms with van der Waals surface area (Å²) in [5.74, 6) is -1.42. The van der Waals surface area contributed by atoms with Crippen LogP contribution in [0.25, 0.3) is 0 Å². The Morgan fingerprint density at radius 3 is 3.08 bits per heavy atom. The SMILES string of the molecule is O=C(O)[C@@H]1[C@@H]2C(=O)NC3=C[C@@H]1C[C@@H]32. The van der Waals surface area contributed by atoms with Crippen molar-refractivity contribution in [2.45, 2.75) is 6.42 Å². The van der Waals surface area contributed by atoms with Crippen LogP contribution in [-0.4, -0.2) is 17.0 Å². The molecule has 1 aliphatic heterocycles. The Morgan fingerprint density at radius 2 is 2.38 bits per heavy atom. The number of carboxylic acids is 1. The van der Waals surface area contributed by atoms with Gasteiger partial charge in [0.1, 0.15) is 0 Å². The molecule has 1 amide bonds. The first-order valence-electron chi connectivity index (χ1n) is 4.44. The largest absolute Gasteiger partial charge is 0.481 e. The fourth-order valence-electron chi connectivity index (χ4n) is 2.99. The van der Waals surface area contributed by atoms with Crippen LogP contribution >= 0.6 is 0 Å². The first-order chi connectivity index (χ1) is 6.18. The fourth-order valence-corrected chi connectivity index (χ4v) is 2.99. The molecule has 3 rings (SSSR count). The Morgan fingerprint density at radius 1 is 1.62 bits per heavy atom. The van der Waals surface area contributed by atoms with E-state index in [9.17, 15) is 9.59 Å². The molecule has 2 fully saturated rings. The zero-order valence-electron chi connectivity index (χ0n) is 6.86. The van der Waals surface area contributed by atoms with Crippen molar-refractivity contribution in [3.05, 3.63) is 11.8 Å². The maximum absolute atomic E-state index is 11.4. The summed E-state index contributed by atoms with van der Waals surface area (Å²) < 4.78 is 0. The van der Waals surface area contributed by atoms with E-state index in [1.165, 1.54) is 0 Å². The summed E-state index contributed by atoms with van der Waals surface area (Å²) in [5.41, 5.74) is 0.970. The Kier molecular flexibility index (Phi) is 1.07. The summed E-state index contributed by atoms with van der Waals surface area (Å²) in [6.07, 6.45) is 2.76. The Balaban J connectivity index is 2.08. The second-order valence-electron chi connectivity index (χ2n) is 4.01. The Hall–Kier alpha value is -1.32. The van der Waals surface area contributed by atoms with Gasteiger partial charge in [-0.25, -0.2) is 0 Å². The van der Waals surface area contributed by atoms with Gasteiger partial charge in [0.15, 0.2) is 0 Å². The van der Waals surface area contributed by atoms with Gasteiger partial charge in [-0.05, 0) is 12.3 Å². The number of fused-ring (bicyclic) bond motifs is 1. The third-order valence-electron chi connectivity index (χ3n) is 3.46. The molecular formula is C9H9NO3. The summed E-state index contributed by atoms with van der Waals surface area (Å²) in [6.45, 7) is 0. The molecule has 4 nitrogen and oxygen atoms in total. The number of carbonyl (C=O) groups excluding carboxylic acids is 1. The summed E-state index contributed by atoms with van der Waals surface area (Å²) in [7, 11) is 0. The van der Waals surface area contributed by atoms with Gasteiger partial charge in [0, 0.05) is 11.6 Å². The van der Waals surface area contributed by atoms with Gasteiger partial charge in [0.05, 0.1) is 11.8 Å². The predicted octanol–water partition coefficient (Wildman–Crippen LogP) is -0.0332. The second-order valence-corrected chi connectivity index (χ2v) is 4.01. The van der Waals surface area contributed by atoms with Gasteiger partial charge in [-0.2, -0.15) is 0 Å². The highest BCUT2D eigenvalue weighted by Gasteiger charge is 2.58. The molecule has 0 spiro atoms. The molecule has 1 saturated carbocycles. The number of hydrogen-bond donors (Lipinski definition) is 2. The molecule has 0 aromatic heterocycles. The molecule has 3 aliphatic rings. The van der Waals surface area contributed by atoms with E-state index in [-0.39, 0.29) is 23.7 Å². The van der Waals surface area contributed by atoms with E-state index in [0.29, 0.717) is 0 Å². The van der Waals surface area contributed by atoms with E-state index in [2.05, 4.69) is 5.32 Å². The fraction of sp³-hybridized carbons (Fsp3) is 0.556. The van der Waals surface area contributed by atoms with Crippen LogP contribution in [0, 0.1) is 23.7 Å². The van der Waals surface area contributed by atoms with Gasteiger partial charge in [0.2, 0.25) is 5.91 Å². The van der Waals surface area contributed by atoms with E-state index >= 15 is 0 Å². The lowest BCUT2D eigenvalue weighted by molar-refractivity contribution is -0.146. The summed E-state index contributed by atoms with van der Waals surface area (Å²) in [4.78, 5) is 22.3. The maximum Gasteiger partial charge on any atom is 0.307 e. The van der Waals surface area contributed by atoms with Crippen LogP contribution in [0.15, 0.2) is 11.8 Å². The number of amides is 1. The third kappa shape index (κ3) is 0.669. The van der Waals surface area contributed by atoms with Crippen molar-refractivity contribution in [3.8, 4) is 0 Å². The highest BCUT2D eigenvalue weighted by molar-refractivity contribution is 5.91. The number of allylic oxidation sites excluding steroid dienone is 2. The molecule has 2 aliphatic carbocycles. The van der Waals surface area contributed by atoms with Crippen LogP contribution in [0.1, 0.15) is 6.42 Å². The highest BCUT2D eigenvalue weighted by atomic mass is 16.4. The van der Waals surface area contributed by atoms with Crippen molar-refractivity contribution in [2.24, 2.45) is 23.7 Å². The molecule has 4 atom stereocenters. The minimum atomic E-state index is -0.829. The lowest BCUT2D eigenvalue weighted by Crippen LogP contribution is -2.30. The van der Waals surface area contributed by atoms with Gasteiger partial charge in [-0.15, -0.1) is 0 Å². The summed E-state index contributed by atoms with van der Waals surface area (Å²) in [6, 6.07) is 0. The zero-order valence-corrected chi connectivity index (χ0v) is 6.86. The van der Waals surface area contributed by atoms with Gasteiger partial charge < -0.3 is 10.4 Å². The van der Waals surface area contributed by atoms with Gasteiger partial charge >= 0.3 is 5.97 Å². The van der Waals surface area contributed by atoms with Crippen molar-refractivity contribution >= 4 is 11.9 Å². The smallest absolute Gasteiger partial charge is 0.307 e. The zero-order chi connectivity index (χ0) is 9.16. The van der Waals surface area contributed by atoms with E-state index in [4.69, 9.17) is 5.11 Å². The van der Waals surface area contributed by atoms with E-state index < -0.39 is 11.9 Å². The average Bonchev–Trinajstić information content (AvgIpc) is 2.60. The van der Waals surface area contributed by atoms with Crippen LogP contribution in [0.4, 0.5) is 0 Å². The maximum atomic E-state index is 11.4. The second kappa shape index (κ2) is 1.95. The molecule has 0 unspecified atom stereocenters. The standard InChI is InChI=1S/C9H9NO3/c11-8-7-4-1-3(2-5(4)10-8)6(7)9(12)13/h2-4,6-7H,1H2,(H,10,11)(H,12,13)/t3-,4-,6-,7+/m0/s1. The number of carbonyl (C=O) groups is 2. The van der Waals surface area contributed by atoms with Crippen molar-refractivity contribution in [1.29, 1.82) is 0 Å².